The first kappa shape index (κ1) is 14.2. The molecule has 0 unspecified atom stereocenters. The standard InChI is InChI=1S/C14H17FO3/c1-3-12(4-2)18-13-8-10(5-6-14(16)17)7-11(15)9-13/h5-9,12H,3-4H2,1-2H3,(H,16,17)/b6-5+. The van der Waals surface area contributed by atoms with Crippen molar-refractivity contribution in [3.63, 3.8) is 0 Å². The molecule has 0 heterocycles. The summed E-state index contributed by atoms with van der Waals surface area (Å²) in [6.45, 7) is 4.00. The van der Waals surface area contributed by atoms with E-state index in [0.717, 1.165) is 18.9 Å². The first-order valence-electron chi connectivity index (χ1n) is 5.93. The van der Waals surface area contributed by atoms with Crippen LogP contribution in [-0.4, -0.2) is 17.2 Å². The Labute approximate surface area is 106 Å². The Bertz CT molecular complexity index is 437. The minimum atomic E-state index is -1.07. The molecule has 1 aromatic rings. The number of hydrogen-bond donors (Lipinski definition) is 1. The van der Waals surface area contributed by atoms with Crippen LogP contribution >= 0.6 is 0 Å². The van der Waals surface area contributed by atoms with E-state index in [1.165, 1.54) is 18.2 Å². The van der Waals surface area contributed by atoms with Crippen molar-refractivity contribution in [1.29, 1.82) is 0 Å². The molecule has 0 fully saturated rings. The molecule has 0 bridgehead atoms. The van der Waals surface area contributed by atoms with Gasteiger partial charge in [0.05, 0.1) is 6.10 Å². The van der Waals surface area contributed by atoms with Crippen molar-refractivity contribution >= 4 is 12.0 Å². The van der Waals surface area contributed by atoms with Gasteiger partial charge in [-0.05, 0) is 36.6 Å². The highest BCUT2D eigenvalue weighted by Crippen LogP contribution is 2.20. The van der Waals surface area contributed by atoms with Crippen molar-refractivity contribution in [2.75, 3.05) is 0 Å². The molecule has 4 heteroatoms. The minimum Gasteiger partial charge on any atom is -0.490 e. The molecule has 1 aromatic carbocycles. The molecule has 0 atom stereocenters. The van der Waals surface area contributed by atoms with Gasteiger partial charge in [0.15, 0.2) is 0 Å². The quantitative estimate of drug-likeness (QED) is 0.788. The number of aliphatic carboxylic acids is 1. The maximum absolute atomic E-state index is 13.3. The first-order chi connectivity index (χ1) is 8.55. The van der Waals surface area contributed by atoms with Gasteiger partial charge in [-0.15, -0.1) is 0 Å². The van der Waals surface area contributed by atoms with Gasteiger partial charge in [0.25, 0.3) is 0 Å². The average molecular weight is 252 g/mol. The van der Waals surface area contributed by atoms with Gasteiger partial charge in [-0.25, -0.2) is 9.18 Å². The van der Waals surface area contributed by atoms with Crippen LogP contribution < -0.4 is 4.74 Å². The molecule has 0 spiro atoms. The summed E-state index contributed by atoms with van der Waals surface area (Å²) >= 11 is 0. The Morgan fingerprint density at radius 2 is 2.06 bits per heavy atom. The van der Waals surface area contributed by atoms with Crippen molar-refractivity contribution in [2.24, 2.45) is 0 Å². The summed E-state index contributed by atoms with van der Waals surface area (Å²) in [5, 5.41) is 8.52. The fourth-order valence-corrected chi connectivity index (χ4v) is 1.56. The molecular weight excluding hydrogens is 235 g/mol. The third kappa shape index (κ3) is 4.57. The lowest BCUT2D eigenvalue weighted by atomic mass is 10.2. The van der Waals surface area contributed by atoms with Crippen molar-refractivity contribution < 1.29 is 19.0 Å². The van der Waals surface area contributed by atoms with Crippen molar-refractivity contribution in [3.05, 3.63) is 35.7 Å². The topological polar surface area (TPSA) is 46.5 Å². The maximum Gasteiger partial charge on any atom is 0.328 e. The van der Waals surface area contributed by atoms with E-state index in [-0.39, 0.29) is 6.10 Å². The van der Waals surface area contributed by atoms with Gasteiger partial charge in [-0.3, -0.25) is 0 Å². The Morgan fingerprint density at radius 1 is 1.39 bits per heavy atom. The summed E-state index contributed by atoms with van der Waals surface area (Å²) in [6, 6.07) is 4.19. The number of benzene rings is 1. The predicted molar refractivity (Wildman–Crippen MR) is 68.1 cm³/mol. The smallest absolute Gasteiger partial charge is 0.328 e. The zero-order valence-electron chi connectivity index (χ0n) is 10.5. The molecule has 0 aliphatic carbocycles. The second-order valence-electron chi connectivity index (χ2n) is 3.95. The van der Waals surface area contributed by atoms with Crippen molar-refractivity contribution in [1.82, 2.24) is 0 Å². The summed E-state index contributed by atoms with van der Waals surface area (Å²) in [4.78, 5) is 10.4. The number of rotatable bonds is 6. The molecule has 18 heavy (non-hydrogen) atoms. The second kappa shape index (κ2) is 6.79. The molecule has 0 aromatic heterocycles. The summed E-state index contributed by atoms with van der Waals surface area (Å²) in [5.74, 6) is -1.08. The van der Waals surface area contributed by atoms with Gasteiger partial charge in [-0.1, -0.05) is 13.8 Å². The Kier molecular flexibility index (Phi) is 5.36. The summed E-state index contributed by atoms with van der Waals surface area (Å²) in [6.07, 6.45) is 4.03. The van der Waals surface area contributed by atoms with E-state index in [2.05, 4.69) is 0 Å². The third-order valence-corrected chi connectivity index (χ3v) is 2.53. The van der Waals surface area contributed by atoms with Crippen LogP contribution in [-0.2, 0) is 4.79 Å². The first-order valence-corrected chi connectivity index (χ1v) is 5.93. The molecule has 0 saturated heterocycles. The van der Waals surface area contributed by atoms with Crippen LogP contribution in [0.5, 0.6) is 5.75 Å². The zero-order valence-corrected chi connectivity index (χ0v) is 10.5. The lowest BCUT2D eigenvalue weighted by Gasteiger charge is -2.16. The SMILES string of the molecule is CCC(CC)Oc1cc(F)cc(/C=C/C(=O)O)c1. The zero-order chi connectivity index (χ0) is 13.5. The summed E-state index contributed by atoms with van der Waals surface area (Å²) < 4.78 is 19.0. The van der Waals surface area contributed by atoms with Gasteiger partial charge in [-0.2, -0.15) is 0 Å². The van der Waals surface area contributed by atoms with Crippen molar-refractivity contribution in [3.8, 4) is 5.75 Å². The van der Waals surface area contributed by atoms with Crippen LogP contribution in [0.2, 0.25) is 0 Å². The number of ether oxygens (including phenoxy) is 1. The van der Waals surface area contributed by atoms with E-state index in [4.69, 9.17) is 9.84 Å². The van der Waals surface area contributed by atoms with Crippen LogP contribution in [0.1, 0.15) is 32.3 Å². The molecule has 0 radical (unpaired) electrons. The lowest BCUT2D eigenvalue weighted by Crippen LogP contribution is -2.13. The molecule has 0 aliphatic heterocycles. The molecule has 0 saturated carbocycles. The normalized spacial score (nSPS) is 11.1. The number of carboxylic acids is 1. The van der Waals surface area contributed by atoms with Crippen molar-refractivity contribution in [2.45, 2.75) is 32.8 Å². The van der Waals surface area contributed by atoms with Crippen LogP contribution in [0.25, 0.3) is 6.08 Å². The number of halogens is 1. The maximum atomic E-state index is 13.3. The Morgan fingerprint density at radius 3 is 2.61 bits per heavy atom. The molecule has 0 amide bonds. The summed E-state index contributed by atoms with van der Waals surface area (Å²) in [7, 11) is 0. The average Bonchev–Trinajstić information content (AvgIpc) is 2.33. The van der Waals surface area contributed by atoms with Gasteiger partial charge < -0.3 is 9.84 Å². The monoisotopic (exact) mass is 252 g/mol. The highest BCUT2D eigenvalue weighted by atomic mass is 19.1. The van der Waals surface area contributed by atoms with Crippen LogP contribution in [0.15, 0.2) is 24.3 Å². The van der Waals surface area contributed by atoms with E-state index in [1.54, 1.807) is 6.07 Å². The lowest BCUT2D eigenvalue weighted by molar-refractivity contribution is -0.131. The van der Waals surface area contributed by atoms with Gasteiger partial charge in [0, 0.05) is 12.1 Å². The number of carbonyl (C=O) groups is 1. The minimum absolute atomic E-state index is 0.0445. The van der Waals surface area contributed by atoms with Crippen LogP contribution in [0, 0.1) is 5.82 Å². The summed E-state index contributed by atoms with van der Waals surface area (Å²) in [5.41, 5.74) is 0.471. The molecule has 0 aliphatic rings. The number of hydrogen-bond acceptors (Lipinski definition) is 2. The molecular formula is C14H17FO3. The Balaban J connectivity index is 2.90. The molecule has 3 nitrogen and oxygen atoms in total. The van der Waals surface area contributed by atoms with Gasteiger partial charge in [0.2, 0.25) is 0 Å². The van der Waals surface area contributed by atoms with E-state index >= 15 is 0 Å². The van der Waals surface area contributed by atoms with E-state index < -0.39 is 11.8 Å². The third-order valence-electron chi connectivity index (χ3n) is 2.53. The highest BCUT2D eigenvalue weighted by molar-refractivity contribution is 5.85. The highest BCUT2D eigenvalue weighted by Gasteiger charge is 2.07. The largest absolute Gasteiger partial charge is 0.490 e. The fraction of sp³-hybridized carbons (Fsp3) is 0.357. The predicted octanol–water partition coefficient (Wildman–Crippen LogP) is 3.49. The van der Waals surface area contributed by atoms with Crippen LogP contribution in [0.3, 0.4) is 0 Å². The number of carboxylic acid groups (broad SMARTS) is 1. The van der Waals surface area contributed by atoms with E-state index in [0.29, 0.717) is 11.3 Å². The Hall–Kier alpha value is -1.84. The van der Waals surface area contributed by atoms with Crippen LogP contribution in [0.4, 0.5) is 4.39 Å². The fourth-order valence-electron chi connectivity index (χ4n) is 1.56. The molecule has 1 N–H and O–H groups in total. The van der Waals surface area contributed by atoms with E-state index in [1.807, 2.05) is 13.8 Å². The molecule has 1 rings (SSSR count). The molecule has 98 valence electrons. The van der Waals surface area contributed by atoms with Gasteiger partial charge in [0.1, 0.15) is 11.6 Å². The second-order valence-corrected chi connectivity index (χ2v) is 3.95. The van der Waals surface area contributed by atoms with E-state index in [9.17, 15) is 9.18 Å². The van der Waals surface area contributed by atoms with Gasteiger partial charge >= 0.3 is 5.97 Å².